The minimum atomic E-state index is -0.634. The van der Waals surface area contributed by atoms with Crippen molar-refractivity contribution in [2.75, 3.05) is 0 Å². The smallest absolute Gasteiger partial charge is 0.349 e. The van der Waals surface area contributed by atoms with Crippen molar-refractivity contribution in [3.05, 3.63) is 72.1 Å². The fourth-order valence-electron chi connectivity index (χ4n) is 3.30. The third kappa shape index (κ3) is 2.03. The Balaban J connectivity index is 1.77. The Labute approximate surface area is 141 Å². The number of benzene rings is 2. The van der Waals surface area contributed by atoms with E-state index in [0.29, 0.717) is 11.4 Å². The summed E-state index contributed by atoms with van der Waals surface area (Å²) in [6.07, 6.45) is 0. The summed E-state index contributed by atoms with van der Waals surface area (Å²) in [5.74, 6) is -1.27. The Morgan fingerprint density at radius 1 is 0.640 bits per heavy atom. The van der Waals surface area contributed by atoms with Crippen LogP contribution in [0.4, 0.5) is 0 Å². The van der Waals surface area contributed by atoms with E-state index in [2.05, 4.69) is 9.97 Å². The van der Waals surface area contributed by atoms with Crippen LogP contribution in [-0.2, 0) is 14.3 Å². The molecule has 0 radical (unpaired) electrons. The van der Waals surface area contributed by atoms with Crippen LogP contribution in [0.15, 0.2) is 60.7 Å². The van der Waals surface area contributed by atoms with Gasteiger partial charge in [0.2, 0.25) is 0 Å². The maximum atomic E-state index is 12.3. The quantitative estimate of drug-likeness (QED) is 0.436. The van der Waals surface area contributed by atoms with Crippen LogP contribution in [0, 0.1) is 0 Å². The first-order valence-electron chi connectivity index (χ1n) is 7.88. The Morgan fingerprint density at radius 2 is 1.08 bits per heavy atom. The van der Waals surface area contributed by atoms with Crippen molar-refractivity contribution in [2.24, 2.45) is 0 Å². The number of fused-ring (bicyclic) bond motifs is 2. The molecule has 0 bridgehead atoms. The van der Waals surface area contributed by atoms with Crippen molar-refractivity contribution >= 4 is 44.9 Å². The van der Waals surface area contributed by atoms with Gasteiger partial charge in [-0.25, -0.2) is 9.59 Å². The predicted molar refractivity (Wildman–Crippen MR) is 94.5 cm³/mol. The first kappa shape index (κ1) is 13.8. The van der Waals surface area contributed by atoms with Crippen LogP contribution < -0.4 is 0 Å². The van der Waals surface area contributed by atoms with Crippen LogP contribution in [0.2, 0.25) is 0 Å². The summed E-state index contributed by atoms with van der Waals surface area (Å²) in [5.41, 5.74) is 3.46. The van der Waals surface area contributed by atoms with E-state index >= 15 is 0 Å². The second-order valence-electron chi connectivity index (χ2n) is 5.97. The van der Waals surface area contributed by atoms with E-state index < -0.39 is 11.9 Å². The maximum Gasteiger partial charge on any atom is 0.349 e. The van der Waals surface area contributed by atoms with Gasteiger partial charge in [-0.1, -0.05) is 36.4 Å². The summed E-state index contributed by atoms with van der Waals surface area (Å²) in [4.78, 5) is 31.0. The molecule has 1 aliphatic heterocycles. The first-order chi connectivity index (χ1) is 12.2. The Hall–Kier alpha value is -3.60. The summed E-state index contributed by atoms with van der Waals surface area (Å²) in [6, 6.07) is 19.1. The summed E-state index contributed by atoms with van der Waals surface area (Å²) in [7, 11) is 0. The van der Waals surface area contributed by atoms with Gasteiger partial charge in [0.25, 0.3) is 0 Å². The highest BCUT2D eigenvalue weighted by molar-refractivity contribution is 6.44. The molecule has 0 spiro atoms. The molecule has 0 saturated carbocycles. The zero-order chi connectivity index (χ0) is 17.0. The van der Waals surface area contributed by atoms with E-state index in [0.717, 1.165) is 21.8 Å². The third-order valence-corrected chi connectivity index (χ3v) is 4.44. The number of carbonyl (C=O) groups excluding carboxylic acids is 2. The lowest BCUT2D eigenvalue weighted by molar-refractivity contribution is -0.149. The van der Waals surface area contributed by atoms with E-state index in [-0.39, 0.29) is 11.1 Å². The monoisotopic (exact) mass is 328 g/mol. The minimum absolute atomic E-state index is 0.257. The largest absolute Gasteiger partial charge is 0.386 e. The number of hydrogen-bond donors (Lipinski definition) is 2. The Bertz CT molecular complexity index is 1050. The molecule has 120 valence electrons. The van der Waals surface area contributed by atoms with Crippen molar-refractivity contribution < 1.29 is 14.3 Å². The van der Waals surface area contributed by atoms with Crippen LogP contribution in [-0.4, -0.2) is 21.9 Å². The van der Waals surface area contributed by atoms with Crippen LogP contribution in [0.5, 0.6) is 0 Å². The van der Waals surface area contributed by atoms with Crippen LogP contribution in [0.1, 0.15) is 11.4 Å². The number of nitrogens with one attached hydrogen (secondary N) is 2. The van der Waals surface area contributed by atoms with Gasteiger partial charge in [0, 0.05) is 21.8 Å². The van der Waals surface area contributed by atoms with Gasteiger partial charge in [0.05, 0.1) is 11.4 Å². The van der Waals surface area contributed by atoms with E-state index in [1.54, 1.807) is 0 Å². The molecule has 2 aromatic carbocycles. The van der Waals surface area contributed by atoms with Crippen LogP contribution >= 0.6 is 0 Å². The molecule has 0 atom stereocenters. The molecule has 0 saturated heterocycles. The summed E-state index contributed by atoms with van der Waals surface area (Å²) in [6.45, 7) is 0. The molecule has 2 N–H and O–H groups in total. The number of ether oxygens (including phenoxy) is 1. The number of aromatic nitrogens is 2. The van der Waals surface area contributed by atoms with Gasteiger partial charge >= 0.3 is 11.9 Å². The molecule has 0 aliphatic carbocycles. The maximum absolute atomic E-state index is 12.3. The molecular formula is C20H12N2O3. The number of esters is 2. The van der Waals surface area contributed by atoms with Crippen molar-refractivity contribution in [1.29, 1.82) is 0 Å². The summed E-state index contributed by atoms with van der Waals surface area (Å²) >= 11 is 0. The number of cyclic esters (lactones) is 2. The molecule has 5 heteroatoms. The lowest BCUT2D eigenvalue weighted by Crippen LogP contribution is -2.02. The van der Waals surface area contributed by atoms with Crippen molar-refractivity contribution in [3.8, 4) is 0 Å². The van der Waals surface area contributed by atoms with Gasteiger partial charge in [0.15, 0.2) is 0 Å². The average molecular weight is 328 g/mol. The highest BCUT2D eigenvalue weighted by Crippen LogP contribution is 2.35. The Kier molecular flexibility index (Phi) is 2.73. The standard InChI is InChI=1S/C20H12N2O3/c23-19-17(15-9-11-5-1-3-7-13(11)21-15)18(20(24)25-19)16-10-12-6-2-4-8-14(12)22-16/h1-10,21-22H. The molecule has 0 amide bonds. The minimum Gasteiger partial charge on any atom is -0.386 e. The molecule has 4 aromatic rings. The van der Waals surface area contributed by atoms with Gasteiger partial charge in [-0.3, -0.25) is 0 Å². The number of aromatic amines is 2. The molecule has 2 aromatic heterocycles. The van der Waals surface area contributed by atoms with Gasteiger partial charge in [-0.2, -0.15) is 0 Å². The number of rotatable bonds is 2. The fraction of sp³-hybridized carbons (Fsp3) is 0. The van der Waals surface area contributed by atoms with E-state index in [4.69, 9.17) is 4.74 Å². The van der Waals surface area contributed by atoms with Crippen LogP contribution in [0.25, 0.3) is 33.0 Å². The number of hydrogen-bond acceptors (Lipinski definition) is 3. The lowest BCUT2D eigenvalue weighted by atomic mass is 10.0. The molecule has 5 rings (SSSR count). The topological polar surface area (TPSA) is 75.0 Å². The summed E-state index contributed by atoms with van der Waals surface area (Å²) in [5, 5.41) is 1.93. The number of para-hydroxylation sites is 2. The molecule has 0 fully saturated rings. The third-order valence-electron chi connectivity index (χ3n) is 4.44. The zero-order valence-electron chi connectivity index (χ0n) is 13.0. The fourth-order valence-corrected chi connectivity index (χ4v) is 3.30. The van der Waals surface area contributed by atoms with Crippen LogP contribution in [0.3, 0.4) is 0 Å². The second kappa shape index (κ2) is 4.95. The van der Waals surface area contributed by atoms with E-state index in [1.807, 2.05) is 60.7 Å². The van der Waals surface area contributed by atoms with E-state index in [1.165, 1.54) is 0 Å². The number of carbonyl (C=O) groups is 2. The van der Waals surface area contributed by atoms with Gasteiger partial charge in [0.1, 0.15) is 11.1 Å². The zero-order valence-corrected chi connectivity index (χ0v) is 13.0. The molecule has 25 heavy (non-hydrogen) atoms. The predicted octanol–water partition coefficient (Wildman–Crippen LogP) is 3.64. The normalized spacial score (nSPS) is 14.7. The van der Waals surface area contributed by atoms with Crippen molar-refractivity contribution in [1.82, 2.24) is 9.97 Å². The first-order valence-corrected chi connectivity index (χ1v) is 7.88. The molecule has 3 heterocycles. The molecule has 1 aliphatic rings. The second-order valence-corrected chi connectivity index (χ2v) is 5.97. The highest BCUT2D eigenvalue weighted by Gasteiger charge is 2.36. The highest BCUT2D eigenvalue weighted by atomic mass is 16.6. The Morgan fingerprint density at radius 3 is 1.52 bits per heavy atom. The van der Waals surface area contributed by atoms with Gasteiger partial charge in [-0.05, 0) is 24.3 Å². The molecular weight excluding hydrogens is 316 g/mol. The molecule has 0 unspecified atom stereocenters. The van der Waals surface area contributed by atoms with Gasteiger partial charge in [-0.15, -0.1) is 0 Å². The SMILES string of the molecule is O=C1OC(=O)C(c2cc3ccccc3[nH]2)=C1c1cc2ccccc2[nH]1. The lowest BCUT2D eigenvalue weighted by Gasteiger charge is -1.98. The van der Waals surface area contributed by atoms with E-state index in [9.17, 15) is 9.59 Å². The summed E-state index contributed by atoms with van der Waals surface area (Å²) < 4.78 is 4.90. The van der Waals surface area contributed by atoms with Gasteiger partial charge < -0.3 is 14.7 Å². The van der Waals surface area contributed by atoms with Crippen molar-refractivity contribution in [2.45, 2.75) is 0 Å². The molecule has 5 nitrogen and oxygen atoms in total. The average Bonchev–Trinajstić information content (AvgIpc) is 3.28. The van der Waals surface area contributed by atoms with Crippen molar-refractivity contribution in [3.63, 3.8) is 0 Å². The number of H-pyrrole nitrogens is 2.